The number of carbonyl (C=O) groups excluding carboxylic acids is 2. The zero-order valence-corrected chi connectivity index (χ0v) is 30.7. The van der Waals surface area contributed by atoms with Gasteiger partial charge in [-0.1, -0.05) is 12.1 Å². The molecule has 0 aliphatic carbocycles. The van der Waals surface area contributed by atoms with Crippen LogP contribution in [0.1, 0.15) is 50.0 Å². The Balaban J connectivity index is 1.40. The Morgan fingerprint density at radius 1 is 1.00 bits per heavy atom. The zero-order chi connectivity index (χ0) is 39.0. The highest BCUT2D eigenvalue weighted by Crippen LogP contribution is 2.45. The SMILES string of the molecule is CCOCCOCCC(=O)CCCOc1ccc(COC(=O)NCCCc2cn([C@@H]3O[C@H](COP(=O)(O)O)C(OP(=O)(O)O)[C@@H]3O)c(=O)nc2N)cc1. The van der Waals surface area contributed by atoms with Crippen molar-refractivity contribution >= 4 is 33.3 Å². The van der Waals surface area contributed by atoms with Crippen molar-refractivity contribution in [3.8, 4) is 5.75 Å². The molecule has 298 valence electrons. The monoisotopic (exact) mass is 796 g/mol. The number of phosphoric ester groups is 2. The molecule has 0 radical (unpaired) electrons. The van der Waals surface area contributed by atoms with E-state index >= 15 is 0 Å². The normalized spacial score (nSPS) is 18.9. The number of Topliss-reactive ketones (excluding diaryl/α,β-unsaturated/α-hetero) is 1. The van der Waals surface area contributed by atoms with E-state index in [4.69, 9.17) is 39.2 Å². The molecule has 1 aliphatic heterocycles. The molecule has 1 unspecified atom stereocenters. The number of nitrogen functional groups attached to an aromatic ring is 1. The first kappa shape index (κ1) is 44.1. The summed E-state index contributed by atoms with van der Waals surface area (Å²) in [5, 5.41) is 13.3. The number of phosphoric acid groups is 2. The van der Waals surface area contributed by atoms with Crippen molar-refractivity contribution in [2.75, 3.05) is 51.9 Å². The van der Waals surface area contributed by atoms with Crippen molar-refractivity contribution in [2.45, 2.75) is 70.2 Å². The third kappa shape index (κ3) is 16.3. The van der Waals surface area contributed by atoms with Crippen molar-refractivity contribution in [1.82, 2.24) is 14.9 Å². The van der Waals surface area contributed by atoms with Gasteiger partial charge in [-0.15, -0.1) is 0 Å². The van der Waals surface area contributed by atoms with Gasteiger partial charge in [0.05, 0.1) is 33.0 Å². The molecule has 0 spiro atoms. The molecule has 0 bridgehead atoms. The van der Waals surface area contributed by atoms with Crippen LogP contribution in [-0.4, -0.2) is 111 Å². The summed E-state index contributed by atoms with van der Waals surface area (Å²) in [5.41, 5.74) is 5.87. The maximum Gasteiger partial charge on any atom is 0.470 e. The molecule has 4 atom stereocenters. The molecule has 2 heterocycles. The van der Waals surface area contributed by atoms with E-state index in [0.29, 0.717) is 63.6 Å². The number of carbonyl (C=O) groups is 2. The number of nitrogens with zero attached hydrogens (tertiary/aromatic N) is 2. The van der Waals surface area contributed by atoms with Crippen LogP contribution in [0.15, 0.2) is 35.3 Å². The second-order valence-corrected chi connectivity index (χ2v) is 14.0. The van der Waals surface area contributed by atoms with Crippen LogP contribution >= 0.6 is 15.6 Å². The summed E-state index contributed by atoms with van der Waals surface area (Å²) in [5.74, 6) is 0.530. The number of aryl methyl sites for hydroxylation is 1. The van der Waals surface area contributed by atoms with Gasteiger partial charge in [0.1, 0.15) is 42.3 Å². The second kappa shape index (κ2) is 21.6. The van der Waals surface area contributed by atoms with Crippen LogP contribution in [-0.2, 0) is 54.9 Å². The Hall–Kier alpha value is -3.30. The first-order valence-corrected chi connectivity index (χ1v) is 19.6. The van der Waals surface area contributed by atoms with Gasteiger partial charge in [0.25, 0.3) is 0 Å². The summed E-state index contributed by atoms with van der Waals surface area (Å²) in [6.07, 6.45) is -4.83. The molecular weight excluding hydrogens is 750 g/mol. The molecule has 1 aliphatic rings. The fourth-order valence-electron chi connectivity index (χ4n) is 4.93. The number of nitrogens with two attached hydrogens (primary N) is 1. The minimum Gasteiger partial charge on any atom is -0.494 e. The highest BCUT2D eigenvalue weighted by molar-refractivity contribution is 7.46. The molecule has 53 heavy (non-hydrogen) atoms. The summed E-state index contributed by atoms with van der Waals surface area (Å²) in [4.78, 5) is 77.1. The lowest BCUT2D eigenvalue weighted by Crippen LogP contribution is -2.38. The molecule has 2 aromatic rings. The number of ether oxygens (including phenoxy) is 5. The number of alkyl carbamates (subject to hydrolysis) is 1. The molecule has 1 saturated heterocycles. The van der Waals surface area contributed by atoms with Crippen LogP contribution in [0.25, 0.3) is 0 Å². The number of aromatic nitrogens is 2. The second-order valence-electron chi connectivity index (χ2n) is 11.5. The van der Waals surface area contributed by atoms with Gasteiger partial charge in [0.2, 0.25) is 0 Å². The number of ketones is 1. The lowest BCUT2D eigenvalue weighted by molar-refractivity contribution is -0.120. The summed E-state index contributed by atoms with van der Waals surface area (Å²) < 4.78 is 59.2. The van der Waals surface area contributed by atoms with Crippen LogP contribution in [0, 0.1) is 0 Å². The van der Waals surface area contributed by atoms with Crippen LogP contribution in [0.5, 0.6) is 5.75 Å². The number of amides is 1. The number of hydrogen-bond donors (Lipinski definition) is 7. The summed E-state index contributed by atoms with van der Waals surface area (Å²) >= 11 is 0. The molecule has 8 N–H and O–H groups in total. The maximum absolute atomic E-state index is 12.6. The van der Waals surface area contributed by atoms with E-state index in [0.717, 1.165) is 4.57 Å². The third-order valence-corrected chi connectivity index (χ3v) is 8.47. The number of rotatable bonds is 24. The van der Waals surface area contributed by atoms with E-state index in [1.165, 1.54) is 6.20 Å². The molecule has 21 nitrogen and oxygen atoms in total. The zero-order valence-electron chi connectivity index (χ0n) is 28.9. The average Bonchev–Trinajstić information content (AvgIpc) is 3.38. The summed E-state index contributed by atoms with van der Waals surface area (Å²) in [6, 6.07) is 6.91. The first-order valence-electron chi connectivity index (χ1n) is 16.5. The van der Waals surface area contributed by atoms with Crippen molar-refractivity contribution in [1.29, 1.82) is 0 Å². The Kier molecular flexibility index (Phi) is 17.9. The lowest BCUT2D eigenvalue weighted by atomic mass is 10.1. The van der Waals surface area contributed by atoms with Gasteiger partial charge < -0.3 is 59.4 Å². The standard InChI is InChI=1S/C30H46N4O17P2/c1-2-45-15-16-46-14-11-22(35)6-4-13-47-23-9-7-20(8-10-23)18-48-30(38)32-12-3-5-21-17-34(29(37)33-27(21)31)28-25(36)26(51-53(42,43)44)24(50-28)19-49-52(39,40)41/h7-10,17,24-26,28,36H,2-6,11-16,18-19H2,1H3,(H,32,38)(H2,31,33,37)(H2,39,40,41)(H2,42,43,44)/t24-,25+,26?,28-/m1/s1. The maximum atomic E-state index is 12.6. The van der Waals surface area contributed by atoms with Gasteiger partial charge in [0, 0.05) is 37.8 Å². The minimum absolute atomic E-state index is 0.0221. The van der Waals surface area contributed by atoms with E-state index in [2.05, 4.69) is 19.3 Å². The molecule has 1 amide bonds. The number of hydrogen-bond acceptors (Lipinski definition) is 15. The Labute approximate surface area is 304 Å². The van der Waals surface area contributed by atoms with Gasteiger partial charge in [-0.05, 0) is 43.9 Å². The van der Waals surface area contributed by atoms with Crippen LogP contribution in [0.3, 0.4) is 0 Å². The Morgan fingerprint density at radius 2 is 1.72 bits per heavy atom. The predicted octanol–water partition coefficient (Wildman–Crippen LogP) is 0.701. The van der Waals surface area contributed by atoms with E-state index < -0.39 is 58.6 Å². The van der Waals surface area contributed by atoms with Crippen molar-refractivity contribution < 1.29 is 76.1 Å². The molecule has 0 saturated carbocycles. The number of nitrogens with one attached hydrogen (secondary N) is 1. The van der Waals surface area contributed by atoms with E-state index in [1.807, 2.05) is 6.92 Å². The topological polar surface area (TPSA) is 307 Å². The Bertz CT molecular complexity index is 1620. The molecule has 1 fully saturated rings. The molecular formula is C30H46N4O17P2. The van der Waals surface area contributed by atoms with E-state index in [1.54, 1.807) is 24.3 Å². The van der Waals surface area contributed by atoms with Gasteiger partial charge in [-0.3, -0.25) is 18.4 Å². The van der Waals surface area contributed by atoms with E-state index in [-0.39, 0.29) is 43.2 Å². The van der Waals surface area contributed by atoms with Gasteiger partial charge in [-0.2, -0.15) is 4.98 Å². The predicted molar refractivity (Wildman–Crippen MR) is 182 cm³/mol. The highest BCUT2D eigenvalue weighted by atomic mass is 31.2. The van der Waals surface area contributed by atoms with Crippen molar-refractivity contribution in [3.05, 3.63) is 52.1 Å². The fraction of sp³-hybridized carbons (Fsp3) is 0.600. The lowest BCUT2D eigenvalue weighted by Gasteiger charge is -2.21. The van der Waals surface area contributed by atoms with Gasteiger partial charge >= 0.3 is 27.4 Å². The van der Waals surface area contributed by atoms with Crippen molar-refractivity contribution in [2.24, 2.45) is 0 Å². The number of aliphatic hydroxyl groups excluding tert-OH is 1. The smallest absolute Gasteiger partial charge is 0.470 e. The van der Waals surface area contributed by atoms with Crippen LogP contribution in [0.4, 0.5) is 10.6 Å². The minimum atomic E-state index is -5.24. The molecule has 1 aromatic heterocycles. The molecule has 23 heteroatoms. The van der Waals surface area contributed by atoms with Gasteiger partial charge in [-0.25, -0.2) is 18.7 Å². The molecule has 3 rings (SSSR count). The average molecular weight is 797 g/mol. The molecule has 1 aromatic carbocycles. The number of anilines is 1. The summed E-state index contributed by atoms with van der Waals surface area (Å²) in [7, 11) is -10.3. The fourth-order valence-corrected chi connectivity index (χ4v) is 5.84. The van der Waals surface area contributed by atoms with Gasteiger partial charge in [0.15, 0.2) is 6.23 Å². The van der Waals surface area contributed by atoms with Crippen LogP contribution < -0.4 is 21.5 Å². The third-order valence-electron chi connectivity index (χ3n) is 7.47. The largest absolute Gasteiger partial charge is 0.494 e. The quantitative estimate of drug-likeness (QED) is 0.0568. The highest BCUT2D eigenvalue weighted by Gasteiger charge is 2.49. The van der Waals surface area contributed by atoms with Crippen molar-refractivity contribution in [3.63, 3.8) is 0 Å². The Morgan fingerprint density at radius 3 is 2.40 bits per heavy atom. The number of aliphatic hydroxyl groups is 1. The summed E-state index contributed by atoms with van der Waals surface area (Å²) in [6.45, 7) is 3.36. The van der Waals surface area contributed by atoms with Crippen LogP contribution in [0.2, 0.25) is 0 Å². The first-order chi connectivity index (χ1) is 25.1. The number of benzene rings is 1. The van der Waals surface area contributed by atoms with E-state index in [9.17, 15) is 38.4 Å².